The lowest BCUT2D eigenvalue weighted by molar-refractivity contribution is -0.142. The van der Waals surface area contributed by atoms with E-state index >= 15 is 0 Å². The average Bonchev–Trinajstić information content (AvgIpc) is 2.56. The highest BCUT2D eigenvalue weighted by Gasteiger charge is 2.19. The van der Waals surface area contributed by atoms with Gasteiger partial charge in [-0.25, -0.2) is 0 Å². The minimum absolute atomic E-state index is 0.0185. The second kappa shape index (κ2) is 16.3. The first-order chi connectivity index (χ1) is 12.4. The summed E-state index contributed by atoms with van der Waals surface area (Å²) >= 11 is 0. The Morgan fingerprint density at radius 1 is 0.846 bits per heavy atom. The number of unbranched alkanes of at least 4 members (excludes halogenated alkanes) is 10. The van der Waals surface area contributed by atoms with Gasteiger partial charge in [-0.15, -0.1) is 0 Å². The maximum absolute atomic E-state index is 11.1. The van der Waals surface area contributed by atoms with Crippen LogP contribution in [-0.4, -0.2) is 29.8 Å². The molecule has 0 aromatic heterocycles. The van der Waals surface area contributed by atoms with Gasteiger partial charge in [0, 0.05) is 0 Å². The van der Waals surface area contributed by atoms with E-state index in [0.717, 1.165) is 32.1 Å². The minimum Gasteiger partial charge on any atom is -0.481 e. The zero-order valence-electron chi connectivity index (χ0n) is 16.4. The summed E-state index contributed by atoms with van der Waals surface area (Å²) in [6.07, 6.45) is 19.1. The number of carboxylic acids is 1. The summed E-state index contributed by atoms with van der Waals surface area (Å²) in [4.78, 5) is 11.1. The van der Waals surface area contributed by atoms with Crippen LogP contribution in [0.4, 0.5) is 0 Å². The van der Waals surface area contributed by atoms with Crippen LogP contribution in [0.2, 0.25) is 0 Å². The average molecular weight is 391 g/mol. The molecule has 5 nitrogen and oxygen atoms in total. The van der Waals surface area contributed by atoms with Gasteiger partial charge in [0.25, 0.3) is 10.1 Å². The zero-order chi connectivity index (χ0) is 19.7. The fraction of sp³-hybridized carbons (Fsp3) is 0.850. The molecule has 1 atom stereocenters. The molecular formula is C20H38O5S. The molecule has 6 heteroatoms. The Balaban J connectivity index is 3.55. The van der Waals surface area contributed by atoms with Crippen molar-refractivity contribution in [3.63, 3.8) is 0 Å². The van der Waals surface area contributed by atoms with Crippen molar-refractivity contribution < 1.29 is 22.9 Å². The Hall–Kier alpha value is -0.880. The van der Waals surface area contributed by atoms with Crippen LogP contribution in [0.15, 0.2) is 12.2 Å². The van der Waals surface area contributed by atoms with Gasteiger partial charge in [-0.05, 0) is 38.5 Å². The Morgan fingerprint density at radius 3 is 1.85 bits per heavy atom. The van der Waals surface area contributed by atoms with Crippen molar-refractivity contribution in [1.82, 2.24) is 0 Å². The third-order valence-electron chi connectivity index (χ3n) is 4.64. The monoisotopic (exact) mass is 390 g/mol. The van der Waals surface area contributed by atoms with Crippen LogP contribution in [-0.2, 0) is 14.9 Å². The topological polar surface area (TPSA) is 91.7 Å². The lowest BCUT2D eigenvalue weighted by Crippen LogP contribution is -2.18. The van der Waals surface area contributed by atoms with Crippen LogP contribution in [0.3, 0.4) is 0 Å². The van der Waals surface area contributed by atoms with E-state index in [-0.39, 0.29) is 6.42 Å². The lowest BCUT2D eigenvalue weighted by Gasteiger charge is -2.10. The van der Waals surface area contributed by atoms with Crippen molar-refractivity contribution in [3.05, 3.63) is 12.2 Å². The molecule has 0 rings (SSSR count). The van der Waals surface area contributed by atoms with Crippen LogP contribution in [0.1, 0.15) is 96.8 Å². The molecule has 1 unspecified atom stereocenters. The summed E-state index contributed by atoms with van der Waals surface area (Å²) in [5.74, 6) is -2.15. The van der Waals surface area contributed by atoms with E-state index in [4.69, 9.17) is 9.66 Å². The Bertz CT molecular complexity index is 471. The van der Waals surface area contributed by atoms with E-state index in [9.17, 15) is 13.2 Å². The van der Waals surface area contributed by atoms with Crippen LogP contribution < -0.4 is 0 Å². The fourth-order valence-electron chi connectivity index (χ4n) is 2.97. The molecule has 0 aliphatic rings. The van der Waals surface area contributed by atoms with Crippen molar-refractivity contribution in [3.8, 4) is 0 Å². The molecule has 0 bridgehead atoms. The molecule has 0 radical (unpaired) electrons. The molecule has 0 fully saturated rings. The summed E-state index contributed by atoms with van der Waals surface area (Å²) in [7, 11) is -4.08. The largest absolute Gasteiger partial charge is 0.481 e. The van der Waals surface area contributed by atoms with E-state index in [1.165, 1.54) is 44.9 Å². The Kier molecular flexibility index (Phi) is 15.8. The predicted octanol–water partition coefficient (Wildman–Crippen LogP) is 5.61. The van der Waals surface area contributed by atoms with Gasteiger partial charge in [-0.2, -0.15) is 8.42 Å². The van der Waals surface area contributed by atoms with Gasteiger partial charge in [0.2, 0.25) is 0 Å². The van der Waals surface area contributed by atoms with E-state index in [0.29, 0.717) is 6.42 Å². The fourth-order valence-corrected chi connectivity index (χ4v) is 3.55. The standard InChI is InChI=1S/C20H38O5S/c1-2-3-4-5-6-7-8-9-10-11-12-13-14-15-16-19(20(21)22)17-18-26(23,24)25/h9-10,19H,2-8,11-18H2,1H3,(H,21,22)(H,23,24,25)/b10-9-. The zero-order valence-corrected chi connectivity index (χ0v) is 17.2. The van der Waals surface area contributed by atoms with Crippen LogP contribution in [0.5, 0.6) is 0 Å². The van der Waals surface area contributed by atoms with Crippen molar-refractivity contribution >= 4 is 16.1 Å². The number of rotatable bonds is 18. The summed E-state index contributed by atoms with van der Waals surface area (Å²) in [5, 5.41) is 9.09. The van der Waals surface area contributed by atoms with Gasteiger partial charge < -0.3 is 5.11 Å². The molecule has 0 aliphatic heterocycles. The summed E-state index contributed by atoms with van der Waals surface area (Å²) < 4.78 is 30.1. The number of allylic oxidation sites excluding steroid dienone is 2. The first-order valence-corrected chi connectivity index (χ1v) is 11.8. The molecule has 0 aromatic carbocycles. The maximum atomic E-state index is 11.1. The highest BCUT2D eigenvalue weighted by molar-refractivity contribution is 7.85. The highest BCUT2D eigenvalue weighted by Crippen LogP contribution is 2.16. The van der Waals surface area contributed by atoms with Gasteiger partial charge in [0.05, 0.1) is 11.7 Å². The lowest BCUT2D eigenvalue weighted by atomic mass is 9.98. The van der Waals surface area contributed by atoms with Gasteiger partial charge in [0.1, 0.15) is 0 Å². The summed E-state index contributed by atoms with van der Waals surface area (Å²) in [5.41, 5.74) is 0. The first kappa shape index (κ1) is 25.1. The van der Waals surface area contributed by atoms with Gasteiger partial charge in [0.15, 0.2) is 0 Å². The molecule has 154 valence electrons. The van der Waals surface area contributed by atoms with Crippen LogP contribution in [0.25, 0.3) is 0 Å². The van der Waals surface area contributed by atoms with E-state index in [2.05, 4.69) is 19.1 Å². The van der Waals surface area contributed by atoms with Gasteiger partial charge in [-0.1, -0.05) is 70.4 Å². The number of hydrogen-bond donors (Lipinski definition) is 2. The van der Waals surface area contributed by atoms with Crippen LogP contribution >= 0.6 is 0 Å². The third kappa shape index (κ3) is 17.9. The molecule has 0 aromatic rings. The van der Waals surface area contributed by atoms with E-state index in [1.807, 2.05) is 0 Å². The first-order valence-electron chi connectivity index (χ1n) is 10.2. The van der Waals surface area contributed by atoms with Gasteiger partial charge in [-0.3, -0.25) is 9.35 Å². The summed E-state index contributed by atoms with van der Waals surface area (Å²) in [6.45, 7) is 2.23. The molecule has 0 spiro atoms. The highest BCUT2D eigenvalue weighted by atomic mass is 32.2. The molecule has 26 heavy (non-hydrogen) atoms. The molecule has 0 amide bonds. The summed E-state index contributed by atoms with van der Waals surface area (Å²) in [6, 6.07) is 0. The third-order valence-corrected chi connectivity index (χ3v) is 5.39. The molecular weight excluding hydrogens is 352 g/mol. The molecule has 0 saturated heterocycles. The van der Waals surface area contributed by atoms with E-state index in [1.54, 1.807) is 0 Å². The maximum Gasteiger partial charge on any atom is 0.306 e. The van der Waals surface area contributed by atoms with Gasteiger partial charge >= 0.3 is 5.97 Å². The van der Waals surface area contributed by atoms with Crippen LogP contribution in [0, 0.1) is 5.92 Å². The Morgan fingerprint density at radius 2 is 1.35 bits per heavy atom. The number of carboxylic acid groups (broad SMARTS) is 1. The quantitative estimate of drug-likeness (QED) is 0.180. The molecule has 0 heterocycles. The van der Waals surface area contributed by atoms with Crippen molar-refractivity contribution in [2.45, 2.75) is 96.8 Å². The van der Waals surface area contributed by atoms with E-state index < -0.39 is 27.8 Å². The number of aliphatic carboxylic acids is 1. The van der Waals surface area contributed by atoms with Crippen molar-refractivity contribution in [1.29, 1.82) is 0 Å². The molecule has 0 saturated carbocycles. The smallest absolute Gasteiger partial charge is 0.306 e. The second-order valence-electron chi connectivity index (χ2n) is 7.13. The molecule has 2 N–H and O–H groups in total. The minimum atomic E-state index is -4.08. The number of hydrogen-bond acceptors (Lipinski definition) is 3. The van der Waals surface area contributed by atoms with Crippen molar-refractivity contribution in [2.75, 3.05) is 5.75 Å². The molecule has 0 aliphatic carbocycles. The predicted molar refractivity (Wildman–Crippen MR) is 107 cm³/mol. The van der Waals surface area contributed by atoms with Crippen molar-refractivity contribution in [2.24, 2.45) is 5.92 Å². The SMILES string of the molecule is CCCCCCCC/C=C\CCCCCCC(CCS(=O)(=O)O)C(=O)O. The normalized spacial score (nSPS) is 13.3. The second-order valence-corrected chi connectivity index (χ2v) is 8.70. The number of carbonyl (C=O) groups is 1. The Labute approximate surface area is 160 Å².